The summed E-state index contributed by atoms with van der Waals surface area (Å²) in [6, 6.07) is 11.2. The average Bonchev–Trinajstić information content (AvgIpc) is 3.23. The van der Waals surface area contributed by atoms with Gasteiger partial charge >= 0.3 is 0 Å². The minimum Gasteiger partial charge on any atom is -0.462 e. The number of hydrogen-bond acceptors (Lipinski definition) is 9. The molecule has 0 bridgehead atoms. The fourth-order valence-corrected chi connectivity index (χ4v) is 3.74. The number of nitrogens with zero attached hydrogens (tertiary/aromatic N) is 1. The van der Waals surface area contributed by atoms with Crippen molar-refractivity contribution in [3.8, 4) is 17.2 Å². The first-order chi connectivity index (χ1) is 14.8. The van der Waals surface area contributed by atoms with Crippen molar-refractivity contribution in [1.82, 2.24) is 10.3 Å². The molecule has 0 aliphatic heterocycles. The minimum absolute atomic E-state index is 0.164. The zero-order chi connectivity index (χ0) is 22.3. The van der Waals surface area contributed by atoms with Gasteiger partial charge in [-0.1, -0.05) is 6.07 Å². The van der Waals surface area contributed by atoms with Crippen LogP contribution in [0.3, 0.4) is 0 Å². The van der Waals surface area contributed by atoms with Crippen LogP contribution in [-0.4, -0.2) is 74.2 Å². The molecule has 10 nitrogen and oxygen atoms in total. The lowest BCUT2D eigenvalue weighted by molar-refractivity contribution is -0.332. The van der Waals surface area contributed by atoms with Gasteiger partial charge in [-0.2, -0.15) is 0 Å². The van der Waals surface area contributed by atoms with Crippen molar-refractivity contribution in [2.24, 2.45) is 5.92 Å². The van der Waals surface area contributed by atoms with Gasteiger partial charge in [0.15, 0.2) is 11.2 Å². The van der Waals surface area contributed by atoms with Gasteiger partial charge in [-0.15, -0.1) is 0 Å². The van der Waals surface area contributed by atoms with Crippen LogP contribution in [0.2, 0.25) is 0 Å². The zero-order valence-corrected chi connectivity index (χ0v) is 16.5. The third-order valence-electron chi connectivity index (χ3n) is 5.64. The van der Waals surface area contributed by atoms with Gasteiger partial charge in [0.05, 0.1) is 18.3 Å². The Hall–Kier alpha value is -3.02. The number of oxazole rings is 1. The number of rotatable bonds is 6. The molecule has 4 rings (SSSR count). The van der Waals surface area contributed by atoms with Gasteiger partial charge in [0.2, 0.25) is 12.2 Å². The number of aliphatic hydroxyl groups is 5. The maximum absolute atomic E-state index is 12.0. The fraction of sp³-hybridized carbons (Fsp3) is 0.333. The van der Waals surface area contributed by atoms with Gasteiger partial charge < -0.3 is 40.0 Å². The van der Waals surface area contributed by atoms with E-state index in [1.54, 1.807) is 30.3 Å². The summed E-state index contributed by atoms with van der Waals surface area (Å²) < 4.78 is 11.0. The summed E-state index contributed by atoms with van der Waals surface area (Å²) in [5, 5.41) is 52.0. The van der Waals surface area contributed by atoms with Crippen LogP contribution in [0, 0.1) is 5.92 Å². The SMILES string of the molecule is CNC(=O)c1cccc2oc(-c3ccc(OC(O)C4(O)C(O)C(O)C4CO)cc3)nc12. The largest absolute Gasteiger partial charge is 0.462 e. The second kappa shape index (κ2) is 7.91. The highest BCUT2D eigenvalue weighted by molar-refractivity contribution is 6.04. The maximum atomic E-state index is 12.0. The lowest BCUT2D eigenvalue weighted by atomic mass is 9.64. The van der Waals surface area contributed by atoms with Crippen LogP contribution in [0.1, 0.15) is 10.4 Å². The topological polar surface area (TPSA) is 166 Å². The number of nitrogens with one attached hydrogen (secondary N) is 1. The van der Waals surface area contributed by atoms with Crippen molar-refractivity contribution in [3.63, 3.8) is 0 Å². The molecule has 1 heterocycles. The van der Waals surface area contributed by atoms with Crippen molar-refractivity contribution >= 4 is 17.0 Å². The third kappa shape index (κ3) is 3.34. The molecule has 0 spiro atoms. The Labute approximate surface area is 176 Å². The van der Waals surface area contributed by atoms with E-state index in [0.29, 0.717) is 22.2 Å². The van der Waals surface area contributed by atoms with E-state index in [1.807, 2.05) is 0 Å². The standard InChI is InChI=1S/C21H22N2O8/c1-22-18(27)12-3-2-4-14-15(12)23-19(31-14)10-5-7-11(8-6-10)30-20(28)21(29)13(9-24)16(25)17(21)26/h2-8,13,16-17,20,24-26,28-29H,9H2,1H3,(H,22,27). The number of para-hydroxylation sites is 1. The fourth-order valence-electron chi connectivity index (χ4n) is 3.74. The number of aromatic nitrogens is 1. The molecule has 0 saturated heterocycles. The van der Waals surface area contributed by atoms with Gasteiger partial charge in [0.1, 0.15) is 17.4 Å². The number of carbonyl (C=O) groups is 1. The Kier molecular flexibility index (Phi) is 5.42. The van der Waals surface area contributed by atoms with Gasteiger partial charge in [-0.3, -0.25) is 4.79 Å². The van der Waals surface area contributed by atoms with E-state index in [-0.39, 0.29) is 17.5 Å². The highest BCUT2D eigenvalue weighted by atomic mass is 16.6. The first kappa shape index (κ1) is 21.2. The molecule has 3 aromatic rings. The molecule has 2 aromatic carbocycles. The second-order valence-corrected chi connectivity index (χ2v) is 7.36. The highest BCUT2D eigenvalue weighted by Crippen LogP contribution is 2.42. The predicted molar refractivity (Wildman–Crippen MR) is 107 cm³/mol. The zero-order valence-electron chi connectivity index (χ0n) is 16.5. The summed E-state index contributed by atoms with van der Waals surface area (Å²) in [6.45, 7) is -0.635. The molecule has 1 saturated carbocycles. The van der Waals surface area contributed by atoms with E-state index < -0.39 is 36.6 Å². The van der Waals surface area contributed by atoms with E-state index in [0.717, 1.165) is 0 Å². The summed E-state index contributed by atoms with van der Waals surface area (Å²) in [5.41, 5.74) is -0.384. The molecular formula is C21H22N2O8. The van der Waals surface area contributed by atoms with E-state index in [2.05, 4.69) is 10.3 Å². The van der Waals surface area contributed by atoms with Crippen LogP contribution in [-0.2, 0) is 0 Å². The molecule has 31 heavy (non-hydrogen) atoms. The Morgan fingerprint density at radius 2 is 1.97 bits per heavy atom. The van der Waals surface area contributed by atoms with Crippen molar-refractivity contribution in [2.45, 2.75) is 24.1 Å². The first-order valence-electron chi connectivity index (χ1n) is 9.57. The molecule has 164 valence electrons. The normalized spacial score (nSPS) is 26.3. The number of ether oxygens (including phenoxy) is 1. The predicted octanol–water partition coefficient (Wildman–Crippen LogP) is -0.373. The van der Waals surface area contributed by atoms with Crippen LogP contribution in [0.5, 0.6) is 5.75 Å². The quantitative estimate of drug-likeness (QED) is 0.286. The lowest BCUT2D eigenvalue weighted by Gasteiger charge is -2.53. The van der Waals surface area contributed by atoms with Crippen molar-refractivity contribution in [2.75, 3.05) is 13.7 Å². The van der Waals surface area contributed by atoms with E-state index in [1.165, 1.54) is 19.2 Å². The molecule has 1 aromatic heterocycles. The number of hydrogen-bond donors (Lipinski definition) is 6. The molecule has 5 atom stereocenters. The first-order valence-corrected chi connectivity index (χ1v) is 9.57. The molecule has 5 unspecified atom stereocenters. The molecule has 1 aliphatic rings. The number of fused-ring (bicyclic) bond motifs is 1. The Morgan fingerprint density at radius 1 is 1.26 bits per heavy atom. The summed E-state index contributed by atoms with van der Waals surface area (Å²) in [6.07, 6.45) is -4.91. The van der Waals surface area contributed by atoms with Gasteiger partial charge in [0, 0.05) is 18.5 Å². The van der Waals surface area contributed by atoms with E-state index in [4.69, 9.17) is 9.15 Å². The van der Waals surface area contributed by atoms with Gasteiger partial charge in [-0.05, 0) is 36.4 Å². The molecule has 6 N–H and O–H groups in total. The highest BCUT2D eigenvalue weighted by Gasteiger charge is 2.65. The summed E-state index contributed by atoms with van der Waals surface area (Å²) in [4.78, 5) is 16.4. The summed E-state index contributed by atoms with van der Waals surface area (Å²) in [7, 11) is 1.53. The maximum Gasteiger partial charge on any atom is 0.253 e. The molecular weight excluding hydrogens is 408 g/mol. The Morgan fingerprint density at radius 3 is 2.61 bits per heavy atom. The molecule has 1 amide bonds. The summed E-state index contributed by atoms with van der Waals surface area (Å²) >= 11 is 0. The van der Waals surface area contributed by atoms with Crippen molar-refractivity contribution in [1.29, 1.82) is 0 Å². The Balaban J connectivity index is 1.54. The monoisotopic (exact) mass is 430 g/mol. The minimum atomic E-state index is -2.20. The van der Waals surface area contributed by atoms with E-state index >= 15 is 0 Å². The van der Waals surface area contributed by atoms with Crippen LogP contribution in [0.25, 0.3) is 22.6 Å². The lowest BCUT2D eigenvalue weighted by Crippen LogP contribution is -2.76. The molecule has 0 radical (unpaired) electrons. The second-order valence-electron chi connectivity index (χ2n) is 7.36. The van der Waals surface area contributed by atoms with Crippen molar-refractivity contribution in [3.05, 3.63) is 48.0 Å². The van der Waals surface area contributed by atoms with Crippen molar-refractivity contribution < 1.29 is 39.5 Å². The van der Waals surface area contributed by atoms with Crippen LogP contribution >= 0.6 is 0 Å². The van der Waals surface area contributed by atoms with Crippen LogP contribution in [0.4, 0.5) is 0 Å². The number of amides is 1. The molecule has 1 aliphatic carbocycles. The summed E-state index contributed by atoms with van der Waals surface area (Å²) in [5.74, 6) is -0.997. The number of benzene rings is 2. The Bertz CT molecular complexity index is 1100. The van der Waals surface area contributed by atoms with Crippen LogP contribution < -0.4 is 10.1 Å². The smallest absolute Gasteiger partial charge is 0.253 e. The molecule has 1 fully saturated rings. The van der Waals surface area contributed by atoms with E-state index in [9.17, 15) is 30.3 Å². The molecule has 10 heteroatoms. The number of carbonyl (C=O) groups excluding carboxylic acids is 1. The number of aliphatic hydroxyl groups excluding tert-OH is 4. The average molecular weight is 430 g/mol. The van der Waals surface area contributed by atoms with Gasteiger partial charge in [-0.25, -0.2) is 4.98 Å². The third-order valence-corrected chi connectivity index (χ3v) is 5.64. The van der Waals surface area contributed by atoms with Crippen LogP contribution in [0.15, 0.2) is 46.9 Å². The van der Waals surface area contributed by atoms with Gasteiger partial charge in [0.25, 0.3) is 5.91 Å².